The monoisotopic (exact) mass is 1010 g/mol. The first-order chi connectivity index (χ1) is 30.8. The van der Waals surface area contributed by atoms with E-state index in [1.165, 1.54) is 96.2 Å². The largest absolute Gasteiger partial charge is 1.00 e. The maximum Gasteiger partial charge on any atom is 1.00 e. The van der Waals surface area contributed by atoms with Crippen molar-refractivity contribution in [1.29, 1.82) is 0 Å². The molecule has 0 saturated carbocycles. The summed E-state index contributed by atoms with van der Waals surface area (Å²) in [4.78, 5) is 27.5. The summed E-state index contributed by atoms with van der Waals surface area (Å²) < 4.78 is 29.1. The standard InChI is InChI=1S/C23H29NO2.C17H26BNO2.C12H15IO2.CH4.K.H/c1-2-26-23(25)7-5-6-19-8-12-21(13-9-19)22-14-10-20(11-15-22)18-24-16-3-4-17-24;1-16(2)17(3,4)21-18(20-16)15-9-7-8-14(12-15)13-19-10-5-6-11-19;1-2-15-12(14)5-3-4-10-6-8-11(13)9-7-10;;;/h8-15H,2-7,16-18H2,1H3;7-9,12H,5-6,10-11,13H2,1-4H3;6-9H,2-5H2,1H3;1H4;;/q;;;;+1;-1/i;;;1D;;1+1. The zero-order chi connectivity index (χ0) is 46.4. The molecule has 4 aromatic carbocycles. The zero-order valence-corrected chi connectivity index (χ0v) is 45.5. The molecule has 3 heterocycles. The van der Waals surface area contributed by atoms with E-state index in [-0.39, 0.29) is 83.1 Å². The summed E-state index contributed by atoms with van der Waals surface area (Å²) in [5, 5.41) is 0. The smallest absolute Gasteiger partial charge is 1.00 e. The molecule has 3 aliphatic rings. The number of carbonyl (C=O) groups excluding carboxylic acids is 2. The third-order valence-electron chi connectivity index (χ3n) is 12.1. The molecular formula is C53H75BIKN2O6. The third-order valence-corrected chi connectivity index (χ3v) is 12.9. The molecule has 0 amide bonds. The number of ether oxygens (including phenoxy) is 2. The Balaban J connectivity index is 0.000000340. The number of benzene rings is 4. The van der Waals surface area contributed by atoms with Crippen molar-refractivity contribution in [3.8, 4) is 11.1 Å². The number of hydrogen-bond donors (Lipinski definition) is 0. The maximum absolute atomic E-state index is 11.4. The van der Waals surface area contributed by atoms with E-state index in [1.807, 2.05) is 13.8 Å². The molecule has 0 radical (unpaired) electrons. The van der Waals surface area contributed by atoms with Gasteiger partial charge in [-0.1, -0.05) is 92.3 Å². The van der Waals surface area contributed by atoms with E-state index in [9.17, 15) is 9.59 Å². The zero-order valence-electron chi connectivity index (χ0n) is 42.3. The molecule has 0 atom stereocenters. The van der Waals surface area contributed by atoms with Crippen LogP contribution in [0.25, 0.3) is 11.1 Å². The van der Waals surface area contributed by atoms with Crippen LogP contribution in [0.4, 0.5) is 0 Å². The number of hydrogen-bond acceptors (Lipinski definition) is 8. The Hall–Kier alpha value is -1.91. The summed E-state index contributed by atoms with van der Waals surface area (Å²) in [7, 11) is 0.994. The van der Waals surface area contributed by atoms with Crippen molar-refractivity contribution < 1.29 is 82.6 Å². The van der Waals surface area contributed by atoms with E-state index in [0.717, 1.165) is 44.2 Å². The number of nitrogens with zero attached hydrogens (tertiary/aromatic N) is 2. The first kappa shape index (κ1) is 54.7. The molecule has 7 rings (SSSR count). The summed E-state index contributed by atoms with van der Waals surface area (Å²) in [5.41, 5.74) is 8.37. The van der Waals surface area contributed by atoms with Gasteiger partial charge >= 0.3 is 70.4 Å². The fourth-order valence-corrected chi connectivity index (χ4v) is 8.23. The summed E-state index contributed by atoms with van der Waals surface area (Å²) in [6.45, 7) is 20.0. The first-order valence-corrected chi connectivity index (χ1v) is 24.0. The van der Waals surface area contributed by atoms with Gasteiger partial charge in [-0.3, -0.25) is 19.4 Å². The Kier molecular flexibility index (Phi) is 24.9. The number of halogens is 1. The second-order valence-electron chi connectivity index (χ2n) is 17.6. The summed E-state index contributed by atoms with van der Waals surface area (Å²) in [6, 6.07) is 34.7. The number of aryl methyl sites for hydroxylation is 2. The molecular weight excluding hydrogens is 937 g/mol. The molecule has 0 bridgehead atoms. The van der Waals surface area contributed by atoms with Crippen molar-refractivity contribution in [3.05, 3.63) is 123 Å². The Morgan fingerprint density at radius 3 is 1.50 bits per heavy atom. The topological polar surface area (TPSA) is 77.5 Å². The van der Waals surface area contributed by atoms with E-state index in [1.54, 1.807) is 0 Å². The van der Waals surface area contributed by atoms with Crippen molar-refractivity contribution in [2.45, 2.75) is 137 Å². The Morgan fingerprint density at radius 1 is 0.656 bits per heavy atom. The van der Waals surface area contributed by atoms with Gasteiger partial charge in [-0.05, 0) is 193 Å². The van der Waals surface area contributed by atoms with E-state index in [0.29, 0.717) is 26.1 Å². The van der Waals surface area contributed by atoms with Gasteiger partial charge in [0, 0.05) is 30.9 Å². The Labute approximate surface area is 445 Å². The van der Waals surface area contributed by atoms with E-state index < -0.39 is 0 Å². The van der Waals surface area contributed by atoms with Crippen LogP contribution >= 0.6 is 22.6 Å². The first-order valence-electron chi connectivity index (χ1n) is 24.0. The molecule has 0 unspecified atom stereocenters. The van der Waals surface area contributed by atoms with Crippen LogP contribution in [0.5, 0.6) is 0 Å². The molecule has 11 heteroatoms. The normalized spacial score (nSPS) is 16.4. The Bertz CT molecular complexity index is 1950. The molecule has 0 aliphatic carbocycles. The average Bonchev–Trinajstić information content (AvgIpc) is 4.05. The molecule has 3 saturated heterocycles. The van der Waals surface area contributed by atoms with Crippen LogP contribution < -0.4 is 56.8 Å². The molecule has 4 aromatic rings. The number of rotatable bonds is 16. The number of esters is 2. The summed E-state index contributed by atoms with van der Waals surface area (Å²) in [5.74, 6) is -0.193. The van der Waals surface area contributed by atoms with Gasteiger partial charge < -0.3 is 20.2 Å². The van der Waals surface area contributed by atoms with E-state index in [4.69, 9.17) is 20.2 Å². The van der Waals surface area contributed by atoms with Crippen LogP contribution in [0.2, 0.25) is 0 Å². The molecule has 8 nitrogen and oxygen atoms in total. The third kappa shape index (κ3) is 19.0. The number of likely N-dealkylation sites (tertiary alicyclic amines) is 2. The van der Waals surface area contributed by atoms with Gasteiger partial charge in [0.25, 0.3) is 0 Å². The van der Waals surface area contributed by atoms with Gasteiger partial charge in [-0.2, -0.15) is 0 Å². The fraction of sp³-hybridized carbons (Fsp3) is 0.509. The van der Waals surface area contributed by atoms with Gasteiger partial charge in [0.2, 0.25) is 0 Å². The Morgan fingerprint density at radius 2 is 1.06 bits per heavy atom. The van der Waals surface area contributed by atoms with Gasteiger partial charge in [0.1, 0.15) is 0 Å². The predicted octanol–water partition coefficient (Wildman–Crippen LogP) is 8.35. The SMILES string of the molecule is CC1(C)OB(c2cccc(CN3CCCC3)c2)OC1(C)C.CCOC(=O)CCCc1ccc(-c2ccc(CN3CCCC3)cc2)cc1.CCOC(=O)CCCc1ccc(I)cc1.[2H-].[2H]C.[K+]. The van der Waals surface area contributed by atoms with Crippen molar-refractivity contribution in [2.75, 3.05) is 39.4 Å². The molecule has 344 valence electrons. The van der Waals surface area contributed by atoms with Crippen LogP contribution in [0.1, 0.15) is 125 Å². The molecule has 3 aliphatic heterocycles. The molecule has 0 spiro atoms. The molecule has 0 aromatic heterocycles. The average molecular weight is 1020 g/mol. The van der Waals surface area contributed by atoms with Gasteiger partial charge in [-0.25, -0.2) is 0 Å². The molecule has 0 N–H and O–H groups in total. The molecule has 64 heavy (non-hydrogen) atoms. The van der Waals surface area contributed by atoms with Crippen LogP contribution in [-0.4, -0.2) is 79.5 Å². The second kappa shape index (κ2) is 29.1. The van der Waals surface area contributed by atoms with Crippen LogP contribution in [0.3, 0.4) is 0 Å². The van der Waals surface area contributed by atoms with Gasteiger partial charge in [-0.15, -0.1) is 0 Å². The van der Waals surface area contributed by atoms with Crippen LogP contribution in [-0.2, 0) is 54.3 Å². The summed E-state index contributed by atoms with van der Waals surface area (Å²) in [6.07, 6.45) is 9.89. The van der Waals surface area contributed by atoms with E-state index >= 15 is 0 Å². The quantitative estimate of drug-likeness (QED) is 0.0631. The van der Waals surface area contributed by atoms with Crippen molar-refractivity contribution in [1.82, 2.24) is 9.80 Å². The van der Waals surface area contributed by atoms with Crippen LogP contribution in [0, 0.1) is 3.57 Å². The van der Waals surface area contributed by atoms with Gasteiger partial charge in [0.15, 0.2) is 0 Å². The van der Waals surface area contributed by atoms with Crippen molar-refractivity contribution in [3.63, 3.8) is 0 Å². The van der Waals surface area contributed by atoms with Crippen molar-refractivity contribution >= 4 is 47.1 Å². The molecule has 3 fully saturated rings. The fourth-order valence-electron chi connectivity index (χ4n) is 7.87. The van der Waals surface area contributed by atoms with Crippen molar-refractivity contribution in [2.24, 2.45) is 0 Å². The van der Waals surface area contributed by atoms with Crippen LogP contribution in [0.15, 0.2) is 97.1 Å². The minimum atomic E-state index is -0.275. The minimum Gasteiger partial charge on any atom is -1.00 e. The number of carbonyl (C=O) groups is 2. The van der Waals surface area contributed by atoms with E-state index in [2.05, 4.69) is 157 Å². The predicted molar refractivity (Wildman–Crippen MR) is 269 cm³/mol. The maximum atomic E-state index is 11.4. The minimum absolute atomic E-state index is 0. The summed E-state index contributed by atoms with van der Waals surface area (Å²) >= 11 is 2.28. The second-order valence-corrected chi connectivity index (χ2v) is 18.9. The van der Waals surface area contributed by atoms with Gasteiger partial charge in [0.05, 0.1) is 24.4 Å².